The van der Waals surface area contributed by atoms with E-state index in [2.05, 4.69) is 0 Å². The van der Waals surface area contributed by atoms with Crippen molar-refractivity contribution in [1.82, 2.24) is 0 Å². The van der Waals surface area contributed by atoms with Gasteiger partial charge in [0.1, 0.15) is 6.26 Å². The average molecular weight is 235 g/mol. The lowest BCUT2D eigenvalue weighted by atomic mass is 10.1. The minimum absolute atomic E-state index is 0.106. The van der Waals surface area contributed by atoms with E-state index in [-0.39, 0.29) is 11.5 Å². The van der Waals surface area contributed by atoms with Crippen LogP contribution in [-0.2, 0) is 4.79 Å². The van der Waals surface area contributed by atoms with Gasteiger partial charge in [-0.2, -0.15) is 0 Å². The van der Waals surface area contributed by atoms with Crippen molar-refractivity contribution in [2.45, 2.75) is 6.92 Å². The van der Waals surface area contributed by atoms with Crippen LogP contribution in [-0.4, -0.2) is 29.0 Å². The van der Waals surface area contributed by atoms with Crippen molar-refractivity contribution in [3.8, 4) is 0 Å². The lowest BCUT2D eigenvalue weighted by molar-refractivity contribution is -0.132. The first-order valence-electron chi connectivity index (χ1n) is 4.89. The molecule has 0 aliphatic carbocycles. The Morgan fingerprint density at radius 1 is 1.35 bits per heavy atom. The summed E-state index contributed by atoms with van der Waals surface area (Å²) < 4.78 is 0. The SMILES string of the molecule is CC(=O)c1cccc(N(C)C(=CO)C(=O)O)c1. The summed E-state index contributed by atoms with van der Waals surface area (Å²) in [5.41, 5.74) is 0.725. The van der Waals surface area contributed by atoms with Gasteiger partial charge in [0.2, 0.25) is 0 Å². The molecule has 0 spiro atoms. The quantitative estimate of drug-likeness (QED) is 0.472. The van der Waals surface area contributed by atoms with Crippen molar-refractivity contribution >= 4 is 17.4 Å². The molecule has 1 aromatic carbocycles. The number of rotatable bonds is 4. The molecular formula is C12H13NO4. The number of hydrogen-bond acceptors (Lipinski definition) is 4. The number of carboxylic acids is 1. The molecule has 0 heterocycles. The van der Waals surface area contributed by atoms with E-state index in [9.17, 15) is 9.59 Å². The van der Waals surface area contributed by atoms with Crippen LogP contribution in [0.1, 0.15) is 17.3 Å². The predicted octanol–water partition coefficient (Wildman–Crippen LogP) is 1.81. The Morgan fingerprint density at radius 3 is 2.47 bits per heavy atom. The molecule has 0 bridgehead atoms. The summed E-state index contributed by atoms with van der Waals surface area (Å²) in [6.45, 7) is 1.43. The highest BCUT2D eigenvalue weighted by molar-refractivity contribution is 5.96. The maximum atomic E-state index is 11.2. The third-order valence-electron chi connectivity index (χ3n) is 2.34. The second-order valence-corrected chi connectivity index (χ2v) is 3.49. The topological polar surface area (TPSA) is 77.8 Å². The molecule has 0 fully saturated rings. The molecule has 17 heavy (non-hydrogen) atoms. The van der Waals surface area contributed by atoms with Gasteiger partial charge in [0, 0.05) is 18.3 Å². The number of nitrogens with zero attached hydrogens (tertiary/aromatic N) is 1. The lowest BCUT2D eigenvalue weighted by Crippen LogP contribution is -2.23. The summed E-state index contributed by atoms with van der Waals surface area (Å²) in [7, 11) is 1.50. The van der Waals surface area contributed by atoms with Gasteiger partial charge in [-0.25, -0.2) is 4.79 Å². The van der Waals surface area contributed by atoms with Crippen molar-refractivity contribution in [3.05, 3.63) is 41.8 Å². The fourth-order valence-corrected chi connectivity index (χ4v) is 1.36. The molecule has 1 aromatic rings. The van der Waals surface area contributed by atoms with Gasteiger partial charge in [-0.1, -0.05) is 12.1 Å². The molecule has 0 unspecified atom stereocenters. The first-order valence-corrected chi connectivity index (χ1v) is 4.89. The van der Waals surface area contributed by atoms with E-state index in [4.69, 9.17) is 10.2 Å². The summed E-state index contributed by atoms with van der Waals surface area (Å²) in [4.78, 5) is 23.3. The molecule has 0 saturated carbocycles. The zero-order chi connectivity index (χ0) is 13.0. The highest BCUT2D eigenvalue weighted by atomic mass is 16.4. The zero-order valence-corrected chi connectivity index (χ0v) is 9.54. The third-order valence-corrected chi connectivity index (χ3v) is 2.34. The number of carbonyl (C=O) groups excluding carboxylic acids is 1. The standard InChI is InChI=1S/C12H13NO4/c1-8(15)9-4-3-5-10(6-9)13(2)11(7-14)12(16)17/h3-7,14H,1-2H3,(H,16,17). The number of aliphatic hydroxyl groups excluding tert-OH is 1. The normalized spacial score (nSPS) is 11.1. The van der Waals surface area contributed by atoms with Gasteiger partial charge < -0.3 is 15.1 Å². The van der Waals surface area contributed by atoms with Crippen molar-refractivity contribution in [2.24, 2.45) is 0 Å². The van der Waals surface area contributed by atoms with Crippen LogP contribution in [0.15, 0.2) is 36.2 Å². The van der Waals surface area contributed by atoms with E-state index in [1.165, 1.54) is 18.9 Å². The van der Waals surface area contributed by atoms with Crippen LogP contribution in [0.5, 0.6) is 0 Å². The molecule has 0 atom stereocenters. The molecule has 0 saturated heterocycles. The number of likely N-dealkylation sites (N-methyl/N-ethyl adjacent to an activating group) is 1. The summed E-state index contributed by atoms with van der Waals surface area (Å²) in [5, 5.41) is 17.7. The number of aliphatic hydroxyl groups is 1. The number of hydrogen-bond donors (Lipinski definition) is 2. The predicted molar refractivity (Wildman–Crippen MR) is 63.2 cm³/mol. The van der Waals surface area contributed by atoms with Gasteiger partial charge in [0.05, 0.1) is 0 Å². The van der Waals surface area contributed by atoms with Crippen LogP contribution >= 0.6 is 0 Å². The number of ketones is 1. The van der Waals surface area contributed by atoms with Crippen LogP contribution < -0.4 is 4.90 Å². The molecule has 0 aliphatic rings. The van der Waals surface area contributed by atoms with Crippen LogP contribution in [0.25, 0.3) is 0 Å². The van der Waals surface area contributed by atoms with Gasteiger partial charge in [-0.05, 0) is 19.1 Å². The fourth-order valence-electron chi connectivity index (χ4n) is 1.36. The van der Waals surface area contributed by atoms with E-state index in [0.717, 1.165) is 0 Å². The molecule has 90 valence electrons. The number of aliphatic carboxylic acids is 1. The Morgan fingerprint density at radius 2 is 2.00 bits per heavy atom. The van der Waals surface area contributed by atoms with E-state index < -0.39 is 5.97 Å². The monoisotopic (exact) mass is 235 g/mol. The molecule has 0 amide bonds. The highest BCUT2D eigenvalue weighted by Gasteiger charge is 2.15. The van der Waals surface area contributed by atoms with Crippen molar-refractivity contribution in [3.63, 3.8) is 0 Å². The van der Waals surface area contributed by atoms with Gasteiger partial charge in [0.25, 0.3) is 0 Å². The number of carboxylic acid groups (broad SMARTS) is 1. The minimum Gasteiger partial charge on any atom is -0.513 e. The van der Waals surface area contributed by atoms with Gasteiger partial charge in [0.15, 0.2) is 11.5 Å². The first kappa shape index (κ1) is 12.8. The second-order valence-electron chi connectivity index (χ2n) is 3.49. The van der Waals surface area contributed by atoms with Gasteiger partial charge in [-0.15, -0.1) is 0 Å². The summed E-state index contributed by atoms with van der Waals surface area (Å²) in [6.07, 6.45) is 0.517. The number of Topliss-reactive ketones (excluding diaryl/α,β-unsaturated/α-hetero) is 1. The Hall–Kier alpha value is -2.30. The van der Waals surface area contributed by atoms with Gasteiger partial charge in [-0.3, -0.25) is 4.79 Å². The van der Waals surface area contributed by atoms with Crippen molar-refractivity contribution in [2.75, 3.05) is 11.9 Å². The summed E-state index contributed by atoms with van der Waals surface area (Å²) in [6, 6.07) is 6.51. The maximum absolute atomic E-state index is 11.2. The summed E-state index contributed by atoms with van der Waals surface area (Å²) in [5.74, 6) is -1.35. The smallest absolute Gasteiger partial charge is 0.355 e. The molecule has 5 heteroatoms. The number of anilines is 1. The van der Waals surface area contributed by atoms with Crippen LogP contribution in [0.4, 0.5) is 5.69 Å². The lowest BCUT2D eigenvalue weighted by Gasteiger charge is -2.19. The average Bonchev–Trinajstić information content (AvgIpc) is 2.29. The fraction of sp³-hybridized carbons (Fsp3) is 0.167. The summed E-state index contributed by atoms with van der Waals surface area (Å²) >= 11 is 0. The molecule has 5 nitrogen and oxygen atoms in total. The molecule has 0 radical (unpaired) electrons. The Labute approximate surface area is 98.6 Å². The second kappa shape index (κ2) is 5.16. The number of carbonyl (C=O) groups is 2. The minimum atomic E-state index is -1.25. The molecule has 0 aliphatic heterocycles. The molecule has 0 aromatic heterocycles. The van der Waals surface area contributed by atoms with Crippen LogP contribution in [0.2, 0.25) is 0 Å². The largest absolute Gasteiger partial charge is 0.513 e. The molecule has 1 rings (SSSR count). The van der Waals surface area contributed by atoms with Crippen molar-refractivity contribution in [1.29, 1.82) is 0 Å². The highest BCUT2D eigenvalue weighted by Crippen LogP contribution is 2.19. The maximum Gasteiger partial charge on any atom is 0.355 e. The zero-order valence-electron chi connectivity index (χ0n) is 9.54. The molecule has 2 N–H and O–H groups in total. The van der Waals surface area contributed by atoms with E-state index in [1.54, 1.807) is 24.3 Å². The van der Waals surface area contributed by atoms with E-state index >= 15 is 0 Å². The third kappa shape index (κ3) is 2.84. The van der Waals surface area contributed by atoms with Gasteiger partial charge >= 0.3 is 5.97 Å². The molecular weight excluding hydrogens is 222 g/mol. The van der Waals surface area contributed by atoms with E-state index in [1.807, 2.05) is 0 Å². The van der Waals surface area contributed by atoms with Crippen LogP contribution in [0, 0.1) is 0 Å². The van der Waals surface area contributed by atoms with Crippen LogP contribution in [0.3, 0.4) is 0 Å². The Balaban J connectivity index is 3.12. The number of benzene rings is 1. The first-order chi connectivity index (χ1) is 7.97. The Bertz CT molecular complexity index is 479. The Kier molecular flexibility index (Phi) is 3.87. The van der Waals surface area contributed by atoms with E-state index in [0.29, 0.717) is 17.5 Å². The van der Waals surface area contributed by atoms with Crippen molar-refractivity contribution < 1.29 is 19.8 Å².